The second-order valence-electron chi connectivity index (χ2n) is 6.25. The van der Waals surface area contributed by atoms with Crippen LogP contribution in [0.25, 0.3) is 0 Å². The second kappa shape index (κ2) is 6.08. The van der Waals surface area contributed by atoms with Gasteiger partial charge in [-0.2, -0.15) is 0 Å². The number of nitrogens with zero attached hydrogens (tertiary/aromatic N) is 3. The van der Waals surface area contributed by atoms with Crippen molar-refractivity contribution in [2.75, 3.05) is 36.9 Å². The Bertz CT molecular complexity index is 548. The molecule has 1 aromatic rings. The Morgan fingerprint density at radius 3 is 3.05 bits per heavy atom. The van der Waals surface area contributed by atoms with Gasteiger partial charge in [-0.1, -0.05) is 0 Å². The molecule has 1 aliphatic carbocycles. The van der Waals surface area contributed by atoms with Crippen LogP contribution in [0.5, 0.6) is 0 Å². The molecule has 3 N–H and O–H groups in total. The Hall–Kier alpha value is -1.89. The summed E-state index contributed by atoms with van der Waals surface area (Å²) in [7, 11) is 1.81. The Morgan fingerprint density at radius 2 is 2.32 bits per heavy atom. The summed E-state index contributed by atoms with van der Waals surface area (Å²) in [4.78, 5) is 22.2. The SMILES string of the molecule is CNc1cc(N2CCC[C@@](O)(CNC(=O)C3CC3)C2)ncn1. The summed E-state index contributed by atoms with van der Waals surface area (Å²) in [6.45, 7) is 1.62. The lowest BCUT2D eigenvalue weighted by Crippen LogP contribution is -2.54. The van der Waals surface area contributed by atoms with E-state index in [9.17, 15) is 9.90 Å². The molecule has 3 rings (SSSR count). The van der Waals surface area contributed by atoms with Crippen LogP contribution in [0.1, 0.15) is 25.7 Å². The highest BCUT2D eigenvalue weighted by atomic mass is 16.3. The van der Waals surface area contributed by atoms with Crippen LogP contribution in [-0.2, 0) is 4.79 Å². The molecule has 1 atom stereocenters. The van der Waals surface area contributed by atoms with E-state index >= 15 is 0 Å². The van der Waals surface area contributed by atoms with Crippen LogP contribution >= 0.6 is 0 Å². The van der Waals surface area contributed by atoms with Crippen LogP contribution in [-0.4, -0.2) is 53.3 Å². The lowest BCUT2D eigenvalue weighted by molar-refractivity contribution is -0.123. The smallest absolute Gasteiger partial charge is 0.223 e. The van der Waals surface area contributed by atoms with Gasteiger partial charge in [-0.25, -0.2) is 9.97 Å². The van der Waals surface area contributed by atoms with Gasteiger partial charge >= 0.3 is 0 Å². The third-order valence-electron chi connectivity index (χ3n) is 4.33. The number of aromatic nitrogens is 2. The largest absolute Gasteiger partial charge is 0.386 e. The van der Waals surface area contributed by atoms with Gasteiger partial charge in [0.15, 0.2) is 0 Å². The van der Waals surface area contributed by atoms with E-state index in [2.05, 4.69) is 25.5 Å². The summed E-state index contributed by atoms with van der Waals surface area (Å²) in [5.41, 5.74) is -0.895. The summed E-state index contributed by atoms with van der Waals surface area (Å²) in [6.07, 6.45) is 5.03. The maximum Gasteiger partial charge on any atom is 0.223 e. The molecule has 1 amide bonds. The number of aliphatic hydroxyl groups is 1. The van der Waals surface area contributed by atoms with Gasteiger partial charge in [-0.05, 0) is 25.7 Å². The summed E-state index contributed by atoms with van der Waals surface area (Å²) in [5.74, 6) is 1.79. The Balaban J connectivity index is 1.63. The molecule has 2 aliphatic rings. The van der Waals surface area contributed by atoms with Crippen molar-refractivity contribution in [3.05, 3.63) is 12.4 Å². The maximum atomic E-state index is 11.8. The fraction of sp³-hybridized carbons (Fsp3) is 0.667. The molecule has 7 nitrogen and oxygen atoms in total. The molecule has 0 bridgehead atoms. The van der Waals surface area contributed by atoms with Gasteiger partial charge in [-0.15, -0.1) is 0 Å². The van der Waals surface area contributed by atoms with Crippen molar-refractivity contribution in [3.63, 3.8) is 0 Å². The molecule has 2 heterocycles. The van der Waals surface area contributed by atoms with Crippen LogP contribution in [0.4, 0.5) is 11.6 Å². The fourth-order valence-electron chi connectivity index (χ4n) is 2.85. The number of β-amino-alcohol motifs (C(OH)–C–C–N with tert-alkyl or cyclic N) is 1. The number of piperidine rings is 1. The van der Waals surface area contributed by atoms with Crippen molar-refractivity contribution in [1.29, 1.82) is 0 Å². The van der Waals surface area contributed by atoms with E-state index < -0.39 is 5.60 Å². The monoisotopic (exact) mass is 305 g/mol. The van der Waals surface area contributed by atoms with Gasteiger partial charge < -0.3 is 20.6 Å². The number of anilines is 2. The van der Waals surface area contributed by atoms with Crippen molar-refractivity contribution in [3.8, 4) is 0 Å². The molecule has 1 aliphatic heterocycles. The summed E-state index contributed by atoms with van der Waals surface area (Å²) >= 11 is 0. The Kier molecular flexibility index (Phi) is 4.15. The molecule has 1 saturated heterocycles. The Labute approximate surface area is 130 Å². The first-order chi connectivity index (χ1) is 10.6. The van der Waals surface area contributed by atoms with E-state index in [1.807, 2.05) is 13.1 Å². The minimum absolute atomic E-state index is 0.0741. The molecule has 7 heteroatoms. The van der Waals surface area contributed by atoms with Crippen LogP contribution in [0.15, 0.2) is 12.4 Å². The minimum Gasteiger partial charge on any atom is -0.386 e. The predicted molar refractivity (Wildman–Crippen MR) is 83.7 cm³/mol. The number of carbonyl (C=O) groups is 1. The minimum atomic E-state index is -0.895. The number of carbonyl (C=O) groups excluding carboxylic acids is 1. The summed E-state index contributed by atoms with van der Waals surface area (Å²) in [6, 6.07) is 1.87. The first kappa shape index (κ1) is 15.0. The molecule has 0 aromatic carbocycles. The number of rotatable bonds is 5. The molecular formula is C15H23N5O2. The second-order valence-corrected chi connectivity index (χ2v) is 6.25. The van der Waals surface area contributed by atoms with Gasteiger partial charge in [0.25, 0.3) is 0 Å². The van der Waals surface area contributed by atoms with Gasteiger partial charge in [0, 0.05) is 38.7 Å². The molecule has 0 spiro atoms. The number of nitrogens with one attached hydrogen (secondary N) is 2. The van der Waals surface area contributed by atoms with Gasteiger partial charge in [0.1, 0.15) is 18.0 Å². The van der Waals surface area contributed by atoms with E-state index in [0.29, 0.717) is 19.5 Å². The highest BCUT2D eigenvalue weighted by Gasteiger charge is 2.36. The molecule has 120 valence electrons. The summed E-state index contributed by atoms with van der Waals surface area (Å²) < 4.78 is 0. The van der Waals surface area contributed by atoms with E-state index in [4.69, 9.17) is 0 Å². The van der Waals surface area contributed by atoms with Crippen LogP contribution in [0.2, 0.25) is 0 Å². The van der Waals surface area contributed by atoms with Crippen molar-refractivity contribution in [2.45, 2.75) is 31.3 Å². The standard InChI is InChI=1S/C15H23N5O2/c1-16-12-7-13(19-10-18-12)20-6-2-5-15(22,9-20)8-17-14(21)11-3-4-11/h7,10-11,22H,2-6,8-9H2,1H3,(H,17,21)(H,16,18,19)/t15-/m1/s1. The maximum absolute atomic E-state index is 11.8. The molecule has 0 radical (unpaired) electrons. The molecule has 1 aromatic heterocycles. The van der Waals surface area contributed by atoms with Crippen LogP contribution < -0.4 is 15.5 Å². The fourth-order valence-corrected chi connectivity index (χ4v) is 2.85. The molecule has 22 heavy (non-hydrogen) atoms. The normalized spacial score (nSPS) is 24.9. The highest BCUT2D eigenvalue weighted by Crippen LogP contribution is 2.29. The van der Waals surface area contributed by atoms with Crippen LogP contribution in [0.3, 0.4) is 0 Å². The zero-order valence-electron chi connectivity index (χ0n) is 12.9. The Morgan fingerprint density at radius 1 is 1.50 bits per heavy atom. The molecule has 2 fully saturated rings. The molecular weight excluding hydrogens is 282 g/mol. The third-order valence-corrected chi connectivity index (χ3v) is 4.33. The number of hydrogen-bond donors (Lipinski definition) is 3. The zero-order chi connectivity index (χ0) is 15.6. The van der Waals surface area contributed by atoms with Crippen molar-refractivity contribution >= 4 is 17.5 Å². The number of amides is 1. The predicted octanol–water partition coefficient (Wildman–Crippen LogP) is 0.376. The number of hydrogen-bond acceptors (Lipinski definition) is 6. The average molecular weight is 305 g/mol. The molecule has 1 saturated carbocycles. The van der Waals surface area contributed by atoms with Gasteiger partial charge in [0.2, 0.25) is 5.91 Å². The zero-order valence-corrected chi connectivity index (χ0v) is 12.9. The first-order valence-electron chi connectivity index (χ1n) is 7.84. The average Bonchev–Trinajstić information content (AvgIpc) is 3.38. The third kappa shape index (κ3) is 3.47. The van der Waals surface area contributed by atoms with Gasteiger partial charge in [0.05, 0.1) is 5.60 Å². The van der Waals surface area contributed by atoms with Crippen LogP contribution in [0, 0.1) is 5.92 Å². The van der Waals surface area contributed by atoms with E-state index in [1.54, 1.807) is 0 Å². The molecule has 0 unspecified atom stereocenters. The van der Waals surface area contributed by atoms with E-state index in [-0.39, 0.29) is 11.8 Å². The van der Waals surface area contributed by atoms with Gasteiger partial charge in [-0.3, -0.25) is 4.79 Å². The highest BCUT2D eigenvalue weighted by molar-refractivity contribution is 5.80. The van der Waals surface area contributed by atoms with E-state index in [0.717, 1.165) is 37.4 Å². The first-order valence-corrected chi connectivity index (χ1v) is 7.84. The van der Waals surface area contributed by atoms with Crippen molar-refractivity contribution in [1.82, 2.24) is 15.3 Å². The quantitative estimate of drug-likeness (QED) is 0.728. The lowest BCUT2D eigenvalue weighted by atomic mass is 9.92. The van der Waals surface area contributed by atoms with Crippen molar-refractivity contribution < 1.29 is 9.90 Å². The van der Waals surface area contributed by atoms with Crippen molar-refractivity contribution in [2.24, 2.45) is 5.92 Å². The topological polar surface area (TPSA) is 90.4 Å². The van der Waals surface area contributed by atoms with E-state index in [1.165, 1.54) is 6.33 Å². The lowest BCUT2D eigenvalue weighted by Gasteiger charge is -2.39. The summed E-state index contributed by atoms with van der Waals surface area (Å²) in [5, 5.41) is 16.6.